The van der Waals surface area contributed by atoms with Crippen molar-refractivity contribution in [2.45, 2.75) is 6.54 Å². The molecule has 4 rings (SSSR count). The zero-order chi connectivity index (χ0) is 20.1. The van der Waals surface area contributed by atoms with Crippen LogP contribution >= 0.6 is 11.3 Å². The third-order valence-electron chi connectivity index (χ3n) is 4.02. The fourth-order valence-electron chi connectivity index (χ4n) is 2.59. The summed E-state index contributed by atoms with van der Waals surface area (Å²) in [4.78, 5) is 22.4. The van der Waals surface area contributed by atoms with Crippen LogP contribution in [0.3, 0.4) is 0 Å². The van der Waals surface area contributed by atoms with Gasteiger partial charge in [-0.1, -0.05) is 18.2 Å². The molecule has 0 spiro atoms. The Kier molecular flexibility index (Phi) is 5.53. The van der Waals surface area contributed by atoms with Crippen molar-refractivity contribution in [2.75, 3.05) is 5.32 Å². The van der Waals surface area contributed by atoms with Gasteiger partial charge in [0.2, 0.25) is 5.95 Å². The molecule has 0 saturated carbocycles. The van der Waals surface area contributed by atoms with Crippen LogP contribution in [-0.2, 0) is 6.54 Å². The largest absolute Gasteiger partial charge is 0.349 e. The molecule has 144 valence electrons. The maximum absolute atomic E-state index is 13.0. The number of pyridine rings is 1. The second-order valence-corrected chi connectivity index (χ2v) is 7.10. The highest BCUT2D eigenvalue weighted by molar-refractivity contribution is 7.09. The van der Waals surface area contributed by atoms with Crippen LogP contribution in [0.1, 0.15) is 15.2 Å². The highest BCUT2D eigenvalue weighted by Gasteiger charge is 2.16. The third-order valence-corrected chi connectivity index (χ3v) is 4.90. The average Bonchev–Trinajstić information content (AvgIpc) is 3.42. The number of rotatable bonds is 6. The lowest BCUT2D eigenvalue weighted by atomic mass is 10.2. The normalized spacial score (nSPS) is 11.1. The van der Waals surface area contributed by atoms with Crippen molar-refractivity contribution >= 4 is 29.3 Å². The van der Waals surface area contributed by atoms with E-state index < -0.39 is 0 Å². The molecule has 0 amide bonds. The van der Waals surface area contributed by atoms with E-state index in [1.165, 1.54) is 22.9 Å². The Morgan fingerprint density at radius 2 is 2.03 bits per heavy atom. The van der Waals surface area contributed by atoms with E-state index in [0.29, 0.717) is 29.4 Å². The molecule has 0 aliphatic rings. The van der Waals surface area contributed by atoms with Gasteiger partial charge in [0.25, 0.3) is 5.91 Å². The maximum Gasteiger partial charge on any atom is 0.274 e. The number of anilines is 1. The zero-order valence-corrected chi connectivity index (χ0v) is 16.0. The van der Waals surface area contributed by atoms with Crippen LogP contribution < -0.4 is 5.32 Å². The van der Waals surface area contributed by atoms with Gasteiger partial charge in [-0.3, -0.25) is 9.78 Å². The van der Waals surface area contributed by atoms with Crippen molar-refractivity contribution < 1.29 is 9.18 Å². The van der Waals surface area contributed by atoms with E-state index >= 15 is 0 Å². The Morgan fingerprint density at radius 3 is 2.76 bits per heavy atom. The minimum Gasteiger partial charge on any atom is -0.349 e. The molecule has 1 N–H and O–H groups in total. The first kappa shape index (κ1) is 18.7. The maximum atomic E-state index is 13.0. The number of halogens is 1. The Hall–Kier alpha value is -3.65. The summed E-state index contributed by atoms with van der Waals surface area (Å²) in [6.45, 7) is 0.526. The molecule has 0 radical (unpaired) electrons. The number of hydrogen-bond acceptors (Lipinski definition) is 6. The van der Waals surface area contributed by atoms with Gasteiger partial charge >= 0.3 is 0 Å². The number of aromatic nitrogens is 4. The molecule has 0 unspecified atom stereocenters. The summed E-state index contributed by atoms with van der Waals surface area (Å²) in [6, 6.07) is 13.4. The van der Waals surface area contributed by atoms with Gasteiger partial charge in [0.15, 0.2) is 5.82 Å². The Labute approximate surface area is 170 Å². The number of thiophene rings is 1. The van der Waals surface area contributed by atoms with Crippen LogP contribution in [-0.4, -0.2) is 25.7 Å². The lowest BCUT2D eigenvalue weighted by molar-refractivity contribution is 0.0957. The monoisotopic (exact) mass is 405 g/mol. The molecular formula is C21H16FN5OS. The van der Waals surface area contributed by atoms with Crippen LogP contribution in [0.2, 0.25) is 0 Å². The molecule has 0 aliphatic heterocycles. The molecule has 0 saturated heterocycles. The van der Waals surface area contributed by atoms with Gasteiger partial charge in [-0.25, -0.2) is 4.39 Å². The van der Waals surface area contributed by atoms with Crippen LogP contribution in [0.4, 0.5) is 10.3 Å². The highest BCUT2D eigenvalue weighted by Crippen LogP contribution is 2.18. The molecule has 1 aromatic carbocycles. The molecular weight excluding hydrogens is 389 g/mol. The van der Waals surface area contributed by atoms with Crippen molar-refractivity contribution in [3.63, 3.8) is 0 Å². The fourth-order valence-corrected chi connectivity index (χ4v) is 3.23. The SMILES string of the molecule is O=C(C=Cc1ccc(F)cc1)n1nc(-c2cccnc2)nc1NCc1cccs1. The topological polar surface area (TPSA) is 72.7 Å². The molecule has 3 heterocycles. The van der Waals surface area contributed by atoms with Crippen molar-refractivity contribution in [3.8, 4) is 11.4 Å². The Morgan fingerprint density at radius 1 is 1.17 bits per heavy atom. The average molecular weight is 405 g/mol. The number of benzene rings is 1. The summed E-state index contributed by atoms with van der Waals surface area (Å²) in [5.74, 6) is 0.0397. The molecule has 6 nitrogen and oxygen atoms in total. The quantitative estimate of drug-likeness (QED) is 0.478. The summed E-state index contributed by atoms with van der Waals surface area (Å²) in [5, 5.41) is 9.51. The van der Waals surface area contributed by atoms with E-state index in [2.05, 4.69) is 20.4 Å². The molecule has 29 heavy (non-hydrogen) atoms. The van der Waals surface area contributed by atoms with Gasteiger partial charge < -0.3 is 5.32 Å². The number of carbonyl (C=O) groups is 1. The van der Waals surface area contributed by atoms with Gasteiger partial charge in [0.1, 0.15) is 5.82 Å². The third kappa shape index (κ3) is 4.61. The highest BCUT2D eigenvalue weighted by atomic mass is 32.1. The lowest BCUT2D eigenvalue weighted by Gasteiger charge is -2.04. The van der Waals surface area contributed by atoms with Gasteiger partial charge in [-0.15, -0.1) is 16.4 Å². The van der Waals surface area contributed by atoms with E-state index in [-0.39, 0.29) is 11.7 Å². The summed E-state index contributed by atoms with van der Waals surface area (Å²) in [7, 11) is 0. The van der Waals surface area contributed by atoms with Crippen LogP contribution in [0.25, 0.3) is 17.5 Å². The van der Waals surface area contributed by atoms with Gasteiger partial charge in [0, 0.05) is 28.9 Å². The van der Waals surface area contributed by atoms with Crippen LogP contribution in [0.5, 0.6) is 0 Å². The molecule has 4 aromatic rings. The van der Waals surface area contributed by atoms with E-state index in [1.807, 2.05) is 23.6 Å². The second-order valence-electron chi connectivity index (χ2n) is 6.07. The molecule has 0 bridgehead atoms. The van der Waals surface area contributed by atoms with Crippen molar-refractivity contribution in [1.29, 1.82) is 0 Å². The van der Waals surface area contributed by atoms with E-state index in [0.717, 1.165) is 4.88 Å². The number of carbonyl (C=O) groups excluding carboxylic acids is 1. The predicted octanol–water partition coefficient (Wildman–Crippen LogP) is 4.51. The number of allylic oxidation sites excluding steroid dienone is 1. The predicted molar refractivity (Wildman–Crippen MR) is 111 cm³/mol. The molecule has 0 aliphatic carbocycles. The van der Waals surface area contributed by atoms with Crippen LogP contribution in [0, 0.1) is 5.82 Å². The first-order chi connectivity index (χ1) is 14.2. The number of hydrogen-bond donors (Lipinski definition) is 1. The summed E-state index contributed by atoms with van der Waals surface area (Å²) in [5.41, 5.74) is 1.42. The van der Waals surface area contributed by atoms with E-state index in [9.17, 15) is 9.18 Å². The second kappa shape index (κ2) is 8.57. The van der Waals surface area contributed by atoms with Gasteiger partial charge in [-0.2, -0.15) is 9.67 Å². The van der Waals surface area contributed by atoms with Crippen molar-refractivity contribution in [3.05, 3.63) is 88.6 Å². The standard InChI is InChI=1S/C21H16FN5OS/c22-17-8-5-15(6-9-17)7-10-19(28)27-21(24-14-18-4-2-12-29-18)25-20(26-27)16-3-1-11-23-13-16/h1-13H,14H2,(H,24,25,26). The van der Waals surface area contributed by atoms with Crippen LogP contribution in [0.15, 0.2) is 72.4 Å². The summed E-state index contributed by atoms with van der Waals surface area (Å²) >= 11 is 1.61. The zero-order valence-electron chi connectivity index (χ0n) is 15.2. The Balaban J connectivity index is 1.61. The van der Waals surface area contributed by atoms with Crippen molar-refractivity contribution in [2.24, 2.45) is 0 Å². The van der Waals surface area contributed by atoms with Crippen molar-refractivity contribution in [1.82, 2.24) is 19.7 Å². The van der Waals surface area contributed by atoms with E-state index in [4.69, 9.17) is 0 Å². The lowest BCUT2D eigenvalue weighted by Crippen LogP contribution is -2.14. The number of nitrogens with one attached hydrogen (secondary N) is 1. The number of nitrogens with zero attached hydrogens (tertiary/aromatic N) is 4. The Bertz CT molecular complexity index is 1120. The fraction of sp³-hybridized carbons (Fsp3) is 0.0476. The minimum absolute atomic E-state index is 0.328. The molecule has 0 atom stereocenters. The molecule has 0 fully saturated rings. The molecule has 8 heteroatoms. The van der Waals surface area contributed by atoms with E-state index in [1.54, 1.807) is 48.0 Å². The first-order valence-electron chi connectivity index (χ1n) is 8.81. The summed E-state index contributed by atoms with van der Waals surface area (Å²) in [6.07, 6.45) is 6.29. The summed E-state index contributed by atoms with van der Waals surface area (Å²) < 4.78 is 14.3. The molecule has 3 aromatic heterocycles. The first-order valence-corrected chi connectivity index (χ1v) is 9.69. The minimum atomic E-state index is -0.370. The van der Waals surface area contributed by atoms with Gasteiger partial charge in [-0.05, 0) is 47.4 Å². The van der Waals surface area contributed by atoms with Gasteiger partial charge in [0.05, 0.1) is 6.54 Å². The smallest absolute Gasteiger partial charge is 0.274 e.